The molecule has 1 amide bonds. The molecule has 0 saturated carbocycles. The van der Waals surface area contributed by atoms with Crippen molar-refractivity contribution >= 4 is 23.6 Å². The zero-order chi connectivity index (χ0) is 30.6. The average molecular weight is 591 g/mol. The summed E-state index contributed by atoms with van der Waals surface area (Å²) in [6, 6.07) is 7.83. The van der Waals surface area contributed by atoms with Gasteiger partial charge in [-0.15, -0.1) is 0 Å². The van der Waals surface area contributed by atoms with Gasteiger partial charge in [-0.2, -0.15) is 17.7 Å². The molecule has 0 spiro atoms. The number of benzene rings is 1. The van der Waals surface area contributed by atoms with E-state index in [0.29, 0.717) is 16.9 Å². The van der Waals surface area contributed by atoms with Crippen LogP contribution in [0.5, 0.6) is 0 Å². The van der Waals surface area contributed by atoms with Crippen LogP contribution in [0.1, 0.15) is 47.1 Å². The second-order valence-electron chi connectivity index (χ2n) is 10.9. The number of fused-ring (bicyclic) bond motifs is 1. The maximum atomic E-state index is 14.0. The topological polar surface area (TPSA) is 69.3 Å². The van der Waals surface area contributed by atoms with Crippen LogP contribution < -0.4 is 5.32 Å². The SMILES string of the molecule is CCN1CCN(Cc2ccc(CCC(=O)Nc3cc(C#Cc4cnc5n4C(=[N+](C)C)C=C5)ccn3)cc2C(F)(F)F)CC1. The Morgan fingerprint density at radius 2 is 1.79 bits per heavy atom. The smallest absolute Gasteiger partial charge is 0.311 e. The van der Waals surface area contributed by atoms with Crippen molar-refractivity contribution in [1.82, 2.24) is 24.3 Å². The van der Waals surface area contributed by atoms with Crippen molar-refractivity contribution in [2.75, 3.05) is 52.1 Å². The minimum Gasteiger partial charge on any atom is -0.311 e. The Hall–Kier alpha value is -4.27. The molecule has 1 saturated heterocycles. The number of likely N-dealkylation sites (N-methyl/N-ethyl adjacent to an activating group) is 1. The minimum atomic E-state index is -4.47. The van der Waals surface area contributed by atoms with Crippen LogP contribution in [0.15, 0.2) is 48.8 Å². The van der Waals surface area contributed by atoms with Crippen molar-refractivity contribution in [2.24, 2.45) is 0 Å². The number of piperazine rings is 1. The summed E-state index contributed by atoms with van der Waals surface area (Å²) in [6.45, 7) is 6.49. The summed E-state index contributed by atoms with van der Waals surface area (Å²) in [5.74, 6) is 7.98. The van der Waals surface area contributed by atoms with Gasteiger partial charge in [-0.1, -0.05) is 25.0 Å². The number of halogens is 3. The number of pyridine rings is 1. The number of nitrogens with one attached hydrogen (secondary N) is 1. The zero-order valence-electron chi connectivity index (χ0n) is 24.6. The van der Waals surface area contributed by atoms with E-state index < -0.39 is 11.7 Å². The third kappa shape index (κ3) is 7.39. The first-order valence-electron chi connectivity index (χ1n) is 14.3. The maximum Gasteiger partial charge on any atom is 0.416 e. The Bertz CT molecular complexity index is 1620. The van der Waals surface area contributed by atoms with E-state index in [1.165, 1.54) is 6.07 Å². The van der Waals surface area contributed by atoms with Gasteiger partial charge >= 0.3 is 6.18 Å². The molecule has 0 bridgehead atoms. The number of imidazole rings is 1. The molecule has 8 nitrogen and oxygen atoms in total. The van der Waals surface area contributed by atoms with Crippen molar-refractivity contribution < 1.29 is 22.5 Å². The Morgan fingerprint density at radius 3 is 2.51 bits per heavy atom. The minimum absolute atomic E-state index is 0.0192. The molecule has 2 aliphatic rings. The number of rotatable bonds is 7. The first-order chi connectivity index (χ1) is 20.6. The van der Waals surface area contributed by atoms with Crippen LogP contribution in [0.4, 0.5) is 19.0 Å². The van der Waals surface area contributed by atoms with E-state index in [1.807, 2.05) is 35.4 Å². The number of allylic oxidation sites excluding steroid dienone is 1. The zero-order valence-corrected chi connectivity index (χ0v) is 24.6. The van der Waals surface area contributed by atoms with Crippen molar-refractivity contribution in [2.45, 2.75) is 32.5 Å². The molecule has 0 atom stereocenters. The lowest BCUT2D eigenvalue weighted by molar-refractivity contribution is -0.465. The lowest BCUT2D eigenvalue weighted by Crippen LogP contribution is -2.45. The highest BCUT2D eigenvalue weighted by Crippen LogP contribution is 2.34. The van der Waals surface area contributed by atoms with E-state index in [0.717, 1.165) is 50.1 Å². The number of aromatic nitrogens is 3. The Balaban J connectivity index is 1.20. The van der Waals surface area contributed by atoms with E-state index in [9.17, 15) is 18.0 Å². The Morgan fingerprint density at radius 1 is 1.02 bits per heavy atom. The second-order valence-corrected chi connectivity index (χ2v) is 10.9. The number of hydrogen-bond donors (Lipinski definition) is 1. The van der Waals surface area contributed by atoms with Crippen LogP contribution in [0.25, 0.3) is 6.08 Å². The van der Waals surface area contributed by atoms with Crippen molar-refractivity contribution in [1.29, 1.82) is 0 Å². The molecule has 2 aromatic heterocycles. The number of anilines is 1. The molecular weight excluding hydrogens is 555 g/mol. The van der Waals surface area contributed by atoms with Crippen LogP contribution in [0, 0.1) is 11.8 Å². The molecule has 1 fully saturated rings. The summed E-state index contributed by atoms with van der Waals surface area (Å²) in [6.07, 6.45) is 2.89. The van der Waals surface area contributed by atoms with Gasteiger partial charge in [0, 0.05) is 63.1 Å². The van der Waals surface area contributed by atoms with Crippen LogP contribution in [0.2, 0.25) is 0 Å². The Labute approximate surface area is 249 Å². The second kappa shape index (κ2) is 12.9. The van der Waals surface area contributed by atoms with Crippen LogP contribution in [-0.2, 0) is 23.9 Å². The maximum absolute atomic E-state index is 14.0. The molecule has 5 rings (SSSR count). The standard InChI is InChI=1S/C32H34F3N7O/c1-4-40-15-17-41(18-16-40)22-25-8-5-23(19-27(25)32(33,34)35)7-11-30(43)38-28-20-24(13-14-36-28)6-9-26-21-37-29-10-12-31(39(2)3)42(26)29/h5,8,10,12-14,19-21H,4,7,11,15-18,22H2,1-3H3/p+1. The molecule has 0 unspecified atom stereocenters. The lowest BCUT2D eigenvalue weighted by atomic mass is 10.00. The molecule has 1 N–H and O–H groups in total. The van der Waals surface area contributed by atoms with Gasteiger partial charge in [-0.05, 0) is 48.2 Å². The highest BCUT2D eigenvalue weighted by molar-refractivity contribution is 6.00. The summed E-state index contributed by atoms with van der Waals surface area (Å²) < 4.78 is 45.8. The third-order valence-electron chi connectivity index (χ3n) is 7.65. The predicted octanol–water partition coefficient (Wildman–Crippen LogP) is 3.95. The fourth-order valence-corrected chi connectivity index (χ4v) is 5.25. The number of amides is 1. The number of alkyl halides is 3. The number of hydrogen-bond acceptors (Lipinski definition) is 5. The monoisotopic (exact) mass is 590 g/mol. The highest BCUT2D eigenvalue weighted by atomic mass is 19.4. The molecule has 3 aromatic rings. The summed E-state index contributed by atoms with van der Waals surface area (Å²) in [5, 5.41) is 2.74. The molecule has 1 aromatic carbocycles. The normalized spacial score (nSPS) is 15.3. The third-order valence-corrected chi connectivity index (χ3v) is 7.65. The first kappa shape index (κ1) is 30.2. The van der Waals surface area contributed by atoms with Gasteiger partial charge in [0.15, 0.2) is 0 Å². The van der Waals surface area contributed by atoms with Crippen molar-refractivity contribution in [3.63, 3.8) is 0 Å². The summed E-state index contributed by atoms with van der Waals surface area (Å²) in [4.78, 5) is 25.6. The molecule has 2 aliphatic heterocycles. The molecule has 0 aliphatic carbocycles. The average Bonchev–Trinajstić information content (AvgIpc) is 3.58. The van der Waals surface area contributed by atoms with Crippen LogP contribution in [0.3, 0.4) is 0 Å². The lowest BCUT2D eigenvalue weighted by Gasteiger charge is -2.34. The number of nitrogens with zero attached hydrogens (tertiary/aromatic N) is 6. The van der Waals surface area contributed by atoms with E-state index >= 15 is 0 Å². The van der Waals surface area contributed by atoms with Crippen LogP contribution >= 0.6 is 0 Å². The molecule has 224 valence electrons. The number of carbonyl (C=O) groups excluding carboxylic acids is 1. The van der Waals surface area contributed by atoms with Crippen molar-refractivity contribution in [3.8, 4) is 11.8 Å². The van der Waals surface area contributed by atoms with Gasteiger partial charge in [-0.3, -0.25) is 14.3 Å². The predicted molar refractivity (Wildman–Crippen MR) is 160 cm³/mol. The van der Waals surface area contributed by atoms with Crippen molar-refractivity contribution in [3.05, 3.63) is 82.6 Å². The molecule has 4 heterocycles. The number of carbonyl (C=O) groups is 1. The van der Waals surface area contributed by atoms with Gasteiger partial charge in [-0.25, -0.2) is 9.97 Å². The molecular formula is C32H35F3N7O+. The van der Waals surface area contributed by atoms with Gasteiger partial charge in [0.2, 0.25) is 17.4 Å². The largest absolute Gasteiger partial charge is 0.416 e. The molecule has 11 heteroatoms. The van der Waals surface area contributed by atoms with Gasteiger partial charge in [0.25, 0.3) is 5.84 Å². The van der Waals surface area contributed by atoms with Gasteiger partial charge in [0.1, 0.15) is 5.82 Å². The Kier molecular flexibility index (Phi) is 9.08. The molecule has 0 radical (unpaired) electrons. The van der Waals surface area contributed by atoms with E-state index in [-0.39, 0.29) is 30.9 Å². The highest BCUT2D eigenvalue weighted by Gasteiger charge is 2.34. The first-order valence-corrected chi connectivity index (χ1v) is 14.3. The van der Waals surface area contributed by atoms with Gasteiger partial charge in [0.05, 0.1) is 25.9 Å². The summed E-state index contributed by atoms with van der Waals surface area (Å²) in [7, 11) is 3.90. The summed E-state index contributed by atoms with van der Waals surface area (Å²) in [5.41, 5.74) is 1.48. The van der Waals surface area contributed by atoms with Gasteiger partial charge < -0.3 is 10.2 Å². The quantitative estimate of drug-likeness (QED) is 0.334. The molecule has 43 heavy (non-hydrogen) atoms. The summed E-state index contributed by atoms with van der Waals surface area (Å²) >= 11 is 0. The van der Waals surface area contributed by atoms with E-state index in [4.69, 9.17) is 0 Å². The van der Waals surface area contributed by atoms with Crippen LogP contribution in [-0.4, -0.2) is 87.5 Å². The van der Waals surface area contributed by atoms with E-state index in [2.05, 4.69) is 43.8 Å². The van der Waals surface area contributed by atoms with E-state index in [1.54, 1.807) is 36.7 Å². The fraction of sp³-hybridized carbons (Fsp3) is 0.375. The fourth-order valence-electron chi connectivity index (χ4n) is 5.25. The number of aryl methyl sites for hydroxylation is 1.